The molecule has 1 aromatic carbocycles. The van der Waals surface area contributed by atoms with Crippen molar-refractivity contribution < 1.29 is 18.7 Å². The Hall–Kier alpha value is -1.75. The molecule has 0 radical (unpaired) electrons. The van der Waals surface area contributed by atoms with Gasteiger partial charge in [0.15, 0.2) is 4.34 Å². The van der Waals surface area contributed by atoms with Crippen molar-refractivity contribution in [2.75, 3.05) is 31.3 Å². The molecule has 2 heterocycles. The lowest BCUT2D eigenvalue weighted by Gasteiger charge is -2.31. The van der Waals surface area contributed by atoms with Crippen molar-refractivity contribution in [2.24, 2.45) is 5.92 Å². The largest absolute Gasteiger partial charge is 0.468 e. The number of ether oxygens (including phenoxy) is 1. The zero-order chi connectivity index (χ0) is 20.8. The van der Waals surface area contributed by atoms with E-state index in [1.165, 1.54) is 36.3 Å². The molecule has 1 aliphatic heterocycles. The van der Waals surface area contributed by atoms with Crippen molar-refractivity contribution in [1.29, 1.82) is 0 Å². The molecule has 1 aliphatic rings. The van der Waals surface area contributed by atoms with Crippen LogP contribution in [0.5, 0.6) is 0 Å². The summed E-state index contributed by atoms with van der Waals surface area (Å²) in [6.45, 7) is 1.79. The molecule has 7 nitrogen and oxygen atoms in total. The number of nitrogens with zero attached hydrogens (tertiary/aromatic N) is 3. The van der Waals surface area contributed by atoms with Crippen LogP contribution in [-0.2, 0) is 20.9 Å². The summed E-state index contributed by atoms with van der Waals surface area (Å²) in [4.78, 5) is 25.8. The van der Waals surface area contributed by atoms with Crippen LogP contribution in [0.15, 0.2) is 22.5 Å². The van der Waals surface area contributed by atoms with Gasteiger partial charge in [0.25, 0.3) is 0 Å². The van der Waals surface area contributed by atoms with Gasteiger partial charge in [-0.3, -0.25) is 14.5 Å². The van der Waals surface area contributed by atoms with Crippen LogP contribution in [0.4, 0.5) is 9.52 Å². The fourth-order valence-corrected chi connectivity index (χ4v) is 4.78. The number of hydrogen-bond acceptors (Lipinski definition) is 8. The Bertz CT molecular complexity index is 854. The standard InChI is InChI=1S/C18H20ClFN4O3S2/c1-27-15(25)10-28-18-23-22-17(29-18)21-16(26)11-5-7-24(8-6-11)9-12-13(19)3-2-4-14(12)20/h2-4,11H,5-10H2,1H3,(H,21,22,26). The van der Waals surface area contributed by atoms with Gasteiger partial charge in [-0.1, -0.05) is 40.8 Å². The number of methoxy groups -OCH3 is 1. The van der Waals surface area contributed by atoms with Gasteiger partial charge in [0, 0.05) is 23.0 Å². The first-order valence-corrected chi connectivity index (χ1v) is 11.1. The van der Waals surface area contributed by atoms with Crippen molar-refractivity contribution in [3.8, 4) is 0 Å². The van der Waals surface area contributed by atoms with E-state index in [0.29, 0.717) is 52.5 Å². The number of rotatable bonds is 7. The van der Waals surface area contributed by atoms with Gasteiger partial charge in [0.1, 0.15) is 5.82 Å². The summed E-state index contributed by atoms with van der Waals surface area (Å²) >= 11 is 8.53. The molecule has 156 valence electrons. The molecular weight excluding hydrogens is 439 g/mol. The molecule has 29 heavy (non-hydrogen) atoms. The van der Waals surface area contributed by atoms with Gasteiger partial charge in [-0.05, 0) is 38.1 Å². The lowest BCUT2D eigenvalue weighted by atomic mass is 9.95. The van der Waals surface area contributed by atoms with Crippen LogP contribution >= 0.6 is 34.7 Å². The maximum atomic E-state index is 14.0. The van der Waals surface area contributed by atoms with Crippen molar-refractivity contribution in [2.45, 2.75) is 23.7 Å². The highest BCUT2D eigenvalue weighted by molar-refractivity contribution is 8.01. The maximum Gasteiger partial charge on any atom is 0.316 e. The second-order valence-corrected chi connectivity index (χ2v) is 9.09. The van der Waals surface area contributed by atoms with E-state index >= 15 is 0 Å². The monoisotopic (exact) mass is 458 g/mol. The number of anilines is 1. The van der Waals surface area contributed by atoms with E-state index in [0.717, 1.165) is 0 Å². The number of nitrogens with one attached hydrogen (secondary N) is 1. The van der Waals surface area contributed by atoms with Crippen molar-refractivity contribution in [3.05, 3.63) is 34.6 Å². The van der Waals surface area contributed by atoms with E-state index in [1.807, 2.05) is 0 Å². The Balaban J connectivity index is 1.47. The molecule has 3 rings (SSSR count). The van der Waals surface area contributed by atoms with Gasteiger partial charge >= 0.3 is 5.97 Å². The van der Waals surface area contributed by atoms with Crippen LogP contribution in [0.1, 0.15) is 18.4 Å². The number of amides is 1. The molecule has 0 unspecified atom stereocenters. The first-order chi connectivity index (χ1) is 14.0. The van der Waals surface area contributed by atoms with Crippen LogP contribution in [0, 0.1) is 11.7 Å². The van der Waals surface area contributed by atoms with Gasteiger partial charge in [-0.2, -0.15) is 0 Å². The number of thioether (sulfide) groups is 1. The minimum atomic E-state index is -0.348. The van der Waals surface area contributed by atoms with Gasteiger partial charge in [0.05, 0.1) is 12.9 Å². The number of carbonyl (C=O) groups is 2. The molecule has 0 spiro atoms. The molecule has 1 amide bonds. The predicted molar refractivity (Wildman–Crippen MR) is 111 cm³/mol. The minimum Gasteiger partial charge on any atom is -0.468 e. The highest BCUT2D eigenvalue weighted by Crippen LogP contribution is 2.28. The molecule has 1 aromatic heterocycles. The SMILES string of the molecule is COC(=O)CSc1nnc(NC(=O)C2CCN(Cc3c(F)cccc3Cl)CC2)s1. The average Bonchev–Trinajstić information content (AvgIpc) is 3.16. The highest BCUT2D eigenvalue weighted by atomic mass is 35.5. The van der Waals surface area contributed by atoms with Gasteiger partial charge in [0.2, 0.25) is 11.0 Å². The van der Waals surface area contributed by atoms with E-state index in [2.05, 4.69) is 25.2 Å². The summed E-state index contributed by atoms with van der Waals surface area (Å²) < 4.78 is 19.1. The molecule has 1 saturated heterocycles. The highest BCUT2D eigenvalue weighted by Gasteiger charge is 2.26. The summed E-state index contributed by atoms with van der Waals surface area (Å²) in [6, 6.07) is 4.67. The number of aromatic nitrogens is 2. The van der Waals surface area contributed by atoms with Crippen molar-refractivity contribution >= 4 is 51.7 Å². The molecular formula is C18H20ClFN4O3S2. The number of benzene rings is 1. The molecule has 11 heteroatoms. The van der Waals surface area contributed by atoms with Crippen molar-refractivity contribution in [1.82, 2.24) is 15.1 Å². The summed E-state index contributed by atoms with van der Waals surface area (Å²) in [7, 11) is 1.32. The number of likely N-dealkylation sites (tertiary alicyclic amines) is 1. The Kier molecular flexibility index (Phi) is 7.82. The second-order valence-electron chi connectivity index (χ2n) is 6.48. The van der Waals surface area contributed by atoms with Crippen LogP contribution in [0.2, 0.25) is 5.02 Å². The van der Waals surface area contributed by atoms with E-state index < -0.39 is 0 Å². The Morgan fingerprint density at radius 1 is 1.38 bits per heavy atom. The van der Waals surface area contributed by atoms with E-state index in [-0.39, 0.29) is 29.4 Å². The first kappa shape index (κ1) is 21.9. The summed E-state index contributed by atoms with van der Waals surface area (Å²) in [6.07, 6.45) is 1.33. The van der Waals surface area contributed by atoms with Crippen LogP contribution in [0.25, 0.3) is 0 Å². The normalized spacial score (nSPS) is 15.3. The first-order valence-electron chi connectivity index (χ1n) is 8.95. The predicted octanol–water partition coefficient (Wildman–Crippen LogP) is 3.45. The smallest absolute Gasteiger partial charge is 0.316 e. The Morgan fingerprint density at radius 2 is 2.14 bits per heavy atom. The molecule has 0 saturated carbocycles. The van der Waals surface area contributed by atoms with Gasteiger partial charge < -0.3 is 10.1 Å². The third-order valence-corrected chi connectivity index (χ3v) is 6.88. The zero-order valence-corrected chi connectivity index (χ0v) is 18.1. The van der Waals surface area contributed by atoms with Gasteiger partial charge in [-0.15, -0.1) is 10.2 Å². The topological polar surface area (TPSA) is 84.4 Å². The molecule has 2 aromatic rings. The fraction of sp³-hybridized carbons (Fsp3) is 0.444. The third kappa shape index (κ3) is 6.11. The van der Waals surface area contributed by atoms with Crippen LogP contribution in [-0.4, -0.2) is 52.9 Å². The molecule has 1 N–H and O–H groups in total. The van der Waals surface area contributed by atoms with Crippen molar-refractivity contribution in [3.63, 3.8) is 0 Å². The third-order valence-electron chi connectivity index (χ3n) is 4.58. The molecule has 0 atom stereocenters. The zero-order valence-electron chi connectivity index (χ0n) is 15.7. The molecule has 1 fully saturated rings. The second kappa shape index (κ2) is 10.3. The Labute approximate surface area is 181 Å². The average molecular weight is 459 g/mol. The molecule has 0 aliphatic carbocycles. The summed E-state index contributed by atoms with van der Waals surface area (Å²) in [5.74, 6) is -0.760. The number of halogens is 2. The lowest BCUT2D eigenvalue weighted by molar-refractivity contribution is -0.137. The number of esters is 1. The number of piperidine rings is 1. The lowest BCUT2D eigenvalue weighted by Crippen LogP contribution is -2.38. The Morgan fingerprint density at radius 3 is 2.83 bits per heavy atom. The van der Waals surface area contributed by atoms with Gasteiger partial charge in [-0.25, -0.2) is 4.39 Å². The van der Waals surface area contributed by atoms with E-state index in [1.54, 1.807) is 12.1 Å². The van der Waals surface area contributed by atoms with Crippen LogP contribution in [0.3, 0.4) is 0 Å². The fourth-order valence-electron chi connectivity index (χ4n) is 2.97. The number of carbonyl (C=O) groups excluding carboxylic acids is 2. The minimum absolute atomic E-state index is 0.103. The quantitative estimate of drug-likeness (QED) is 0.386. The maximum absolute atomic E-state index is 14.0. The van der Waals surface area contributed by atoms with E-state index in [9.17, 15) is 14.0 Å². The van der Waals surface area contributed by atoms with E-state index in [4.69, 9.17) is 11.6 Å². The summed E-state index contributed by atoms with van der Waals surface area (Å²) in [5.41, 5.74) is 0.489. The number of hydrogen-bond donors (Lipinski definition) is 1. The van der Waals surface area contributed by atoms with Crippen LogP contribution < -0.4 is 5.32 Å². The summed E-state index contributed by atoms with van der Waals surface area (Å²) in [5, 5.41) is 11.5. The molecule has 0 bridgehead atoms.